The zero-order valence-corrected chi connectivity index (χ0v) is 10.6. The molecule has 0 aliphatic carbocycles. The number of rotatable bonds is 2. The summed E-state index contributed by atoms with van der Waals surface area (Å²) in [5.41, 5.74) is 1.73. The van der Waals surface area contributed by atoms with Crippen LogP contribution in [0.3, 0.4) is 0 Å². The number of fused-ring (bicyclic) bond motifs is 1. The Hall–Kier alpha value is -2.10. The van der Waals surface area contributed by atoms with Crippen molar-refractivity contribution in [2.75, 3.05) is 13.1 Å². The first-order valence-corrected chi connectivity index (χ1v) is 6.59. The summed E-state index contributed by atoms with van der Waals surface area (Å²) >= 11 is 0. The molecule has 2 aromatic rings. The van der Waals surface area contributed by atoms with E-state index in [4.69, 9.17) is 0 Å². The maximum Gasteiger partial charge on any atom is 0.251 e. The molecule has 1 aromatic carbocycles. The van der Waals surface area contributed by atoms with E-state index in [1.807, 2.05) is 30.3 Å². The molecule has 1 aliphatic heterocycles. The van der Waals surface area contributed by atoms with Crippen LogP contribution in [0.2, 0.25) is 0 Å². The van der Waals surface area contributed by atoms with E-state index in [2.05, 4.69) is 4.98 Å². The lowest BCUT2D eigenvalue weighted by Gasteiger charge is -2.29. The summed E-state index contributed by atoms with van der Waals surface area (Å²) in [6.07, 6.45) is 2.61. The van der Waals surface area contributed by atoms with Crippen LogP contribution < -0.4 is 5.56 Å². The highest BCUT2D eigenvalue weighted by Crippen LogP contribution is 2.26. The monoisotopic (exact) mass is 256 g/mol. The van der Waals surface area contributed by atoms with Crippen LogP contribution in [-0.2, 0) is 4.79 Å². The molecule has 1 amide bonds. The van der Waals surface area contributed by atoms with E-state index in [0.717, 1.165) is 48.8 Å². The van der Waals surface area contributed by atoms with Crippen molar-refractivity contribution < 1.29 is 4.79 Å². The molecular weight excluding hydrogens is 240 g/mol. The van der Waals surface area contributed by atoms with Crippen LogP contribution in [-0.4, -0.2) is 29.4 Å². The molecule has 0 saturated carbocycles. The second-order valence-corrected chi connectivity index (χ2v) is 5.06. The summed E-state index contributed by atoms with van der Waals surface area (Å²) in [4.78, 5) is 27.6. The van der Waals surface area contributed by atoms with Crippen LogP contribution in [0.25, 0.3) is 10.9 Å². The molecule has 0 bridgehead atoms. The van der Waals surface area contributed by atoms with Gasteiger partial charge >= 0.3 is 0 Å². The highest BCUT2D eigenvalue weighted by molar-refractivity contribution is 5.78. The number of aromatic nitrogens is 1. The molecule has 1 aliphatic rings. The Morgan fingerprint density at radius 1 is 1.21 bits per heavy atom. The first-order valence-electron chi connectivity index (χ1n) is 6.59. The van der Waals surface area contributed by atoms with Gasteiger partial charge in [0.2, 0.25) is 6.41 Å². The van der Waals surface area contributed by atoms with E-state index in [1.54, 1.807) is 4.90 Å². The number of carbonyl (C=O) groups excluding carboxylic acids is 1. The summed E-state index contributed by atoms with van der Waals surface area (Å²) in [5, 5.41) is 1.06. The third-order valence-corrected chi connectivity index (χ3v) is 3.90. The van der Waals surface area contributed by atoms with E-state index >= 15 is 0 Å². The van der Waals surface area contributed by atoms with Crippen molar-refractivity contribution in [2.24, 2.45) is 0 Å². The Morgan fingerprint density at radius 3 is 2.68 bits per heavy atom. The molecule has 1 saturated heterocycles. The van der Waals surface area contributed by atoms with Crippen molar-refractivity contribution >= 4 is 17.3 Å². The van der Waals surface area contributed by atoms with Gasteiger partial charge in [-0.3, -0.25) is 9.59 Å². The first kappa shape index (κ1) is 12.0. The minimum absolute atomic E-state index is 0.00301. The number of nitrogens with zero attached hydrogens (tertiary/aromatic N) is 1. The smallest absolute Gasteiger partial charge is 0.251 e. The van der Waals surface area contributed by atoms with E-state index < -0.39 is 0 Å². The molecule has 3 rings (SSSR count). The second kappa shape index (κ2) is 4.88. The van der Waals surface area contributed by atoms with Gasteiger partial charge in [-0.05, 0) is 36.3 Å². The number of hydrogen-bond donors (Lipinski definition) is 1. The zero-order valence-electron chi connectivity index (χ0n) is 10.6. The van der Waals surface area contributed by atoms with Gasteiger partial charge in [-0.2, -0.15) is 0 Å². The molecule has 4 heteroatoms. The van der Waals surface area contributed by atoms with Gasteiger partial charge in [0.15, 0.2) is 0 Å². The van der Waals surface area contributed by atoms with E-state index in [1.165, 1.54) is 0 Å². The number of pyridine rings is 1. The van der Waals surface area contributed by atoms with Crippen LogP contribution in [0.5, 0.6) is 0 Å². The van der Waals surface area contributed by atoms with Gasteiger partial charge < -0.3 is 9.88 Å². The lowest BCUT2D eigenvalue weighted by Crippen LogP contribution is -2.33. The van der Waals surface area contributed by atoms with Crippen LogP contribution in [0.1, 0.15) is 24.3 Å². The summed E-state index contributed by atoms with van der Waals surface area (Å²) in [6, 6.07) is 9.81. The number of likely N-dealkylation sites (tertiary alicyclic amines) is 1. The quantitative estimate of drug-likeness (QED) is 0.834. The van der Waals surface area contributed by atoms with Crippen molar-refractivity contribution in [3.63, 3.8) is 0 Å². The van der Waals surface area contributed by atoms with E-state index in [9.17, 15) is 9.59 Å². The Bertz CT molecular complexity index is 654. The highest BCUT2D eigenvalue weighted by atomic mass is 16.1. The third-order valence-electron chi connectivity index (χ3n) is 3.90. The number of hydrogen-bond acceptors (Lipinski definition) is 2. The normalized spacial score (nSPS) is 16.7. The minimum Gasteiger partial charge on any atom is -0.345 e. The predicted octanol–water partition coefficient (Wildman–Crippen LogP) is 1.86. The number of H-pyrrole nitrogens is 1. The molecule has 0 radical (unpaired) electrons. The van der Waals surface area contributed by atoms with Gasteiger partial charge in [-0.15, -0.1) is 0 Å². The van der Waals surface area contributed by atoms with Gasteiger partial charge in [-0.25, -0.2) is 0 Å². The van der Waals surface area contributed by atoms with Crippen molar-refractivity contribution in [3.8, 4) is 0 Å². The number of para-hydroxylation sites is 1. The Kier molecular flexibility index (Phi) is 3.07. The molecule has 1 aromatic heterocycles. The largest absolute Gasteiger partial charge is 0.345 e. The summed E-state index contributed by atoms with van der Waals surface area (Å²) < 4.78 is 0. The first-order chi connectivity index (χ1) is 9.28. The van der Waals surface area contributed by atoms with Crippen molar-refractivity contribution in [3.05, 3.63) is 46.2 Å². The van der Waals surface area contributed by atoms with Crippen LogP contribution in [0.15, 0.2) is 35.1 Å². The molecule has 98 valence electrons. The number of benzene rings is 1. The second-order valence-electron chi connectivity index (χ2n) is 5.06. The number of amides is 1. The van der Waals surface area contributed by atoms with Crippen LogP contribution in [0.4, 0.5) is 0 Å². The average Bonchev–Trinajstić information content (AvgIpc) is 2.47. The molecule has 1 fully saturated rings. The summed E-state index contributed by atoms with van der Waals surface area (Å²) in [6.45, 7) is 1.47. The number of carbonyl (C=O) groups is 1. The number of nitrogens with one attached hydrogen (secondary N) is 1. The fraction of sp³-hybridized carbons (Fsp3) is 0.333. The summed E-state index contributed by atoms with van der Waals surface area (Å²) in [7, 11) is 0. The average molecular weight is 256 g/mol. The standard InChI is InChI=1S/C15H16N2O2/c18-10-17-7-5-11(6-8-17)13-9-12-3-1-2-4-14(12)16-15(13)19/h1-4,9-11H,5-8H2,(H,16,19). The highest BCUT2D eigenvalue weighted by Gasteiger charge is 2.22. The number of piperidine rings is 1. The van der Waals surface area contributed by atoms with Gasteiger partial charge in [0.05, 0.1) is 0 Å². The van der Waals surface area contributed by atoms with Crippen molar-refractivity contribution in [1.29, 1.82) is 0 Å². The Balaban J connectivity index is 1.94. The van der Waals surface area contributed by atoms with E-state index in [-0.39, 0.29) is 11.5 Å². The minimum atomic E-state index is 0.00301. The van der Waals surface area contributed by atoms with Gasteiger partial charge in [0.25, 0.3) is 5.56 Å². The molecule has 1 N–H and O–H groups in total. The predicted molar refractivity (Wildman–Crippen MR) is 74.2 cm³/mol. The fourth-order valence-electron chi connectivity index (χ4n) is 2.78. The molecule has 0 spiro atoms. The maximum absolute atomic E-state index is 12.1. The van der Waals surface area contributed by atoms with Crippen molar-refractivity contribution in [1.82, 2.24) is 9.88 Å². The lowest BCUT2D eigenvalue weighted by atomic mass is 9.90. The van der Waals surface area contributed by atoms with Crippen LogP contribution in [0, 0.1) is 0 Å². The van der Waals surface area contributed by atoms with Gasteiger partial charge in [0.1, 0.15) is 0 Å². The van der Waals surface area contributed by atoms with Crippen molar-refractivity contribution in [2.45, 2.75) is 18.8 Å². The molecule has 0 atom stereocenters. The molecular formula is C15H16N2O2. The van der Waals surface area contributed by atoms with Gasteiger partial charge in [-0.1, -0.05) is 18.2 Å². The maximum atomic E-state index is 12.1. The topological polar surface area (TPSA) is 53.2 Å². The van der Waals surface area contributed by atoms with E-state index in [0.29, 0.717) is 0 Å². The molecule has 2 heterocycles. The Morgan fingerprint density at radius 2 is 1.95 bits per heavy atom. The zero-order chi connectivity index (χ0) is 13.2. The van der Waals surface area contributed by atoms with Gasteiger partial charge in [0, 0.05) is 24.2 Å². The van der Waals surface area contributed by atoms with Crippen LogP contribution >= 0.6 is 0 Å². The SMILES string of the molecule is O=CN1CCC(c2cc3ccccc3[nH]c2=O)CC1. The summed E-state index contributed by atoms with van der Waals surface area (Å²) in [5.74, 6) is 0.254. The Labute approximate surface area is 111 Å². The number of aromatic amines is 1. The fourth-order valence-corrected chi connectivity index (χ4v) is 2.78. The molecule has 19 heavy (non-hydrogen) atoms. The molecule has 4 nitrogen and oxygen atoms in total. The molecule has 0 unspecified atom stereocenters. The third kappa shape index (κ3) is 2.26. The lowest BCUT2D eigenvalue weighted by molar-refractivity contribution is -0.119.